The molecule has 0 spiro atoms. The Kier molecular flexibility index (Phi) is 5.16. The van der Waals surface area contributed by atoms with E-state index >= 15 is 0 Å². The molecule has 1 heterocycles. The van der Waals surface area contributed by atoms with Crippen molar-refractivity contribution in [3.8, 4) is 0 Å². The first kappa shape index (κ1) is 14.6. The first-order valence-electron chi connectivity index (χ1n) is 6.43. The third-order valence-corrected chi connectivity index (χ3v) is 3.22. The van der Waals surface area contributed by atoms with Gasteiger partial charge in [-0.2, -0.15) is 0 Å². The quantitative estimate of drug-likeness (QED) is 0.846. The van der Waals surface area contributed by atoms with Gasteiger partial charge in [0.2, 0.25) is 0 Å². The van der Waals surface area contributed by atoms with Gasteiger partial charge in [0.25, 0.3) is 0 Å². The number of aliphatic imine (C=N–C) groups is 1. The summed E-state index contributed by atoms with van der Waals surface area (Å²) < 4.78 is 0. The summed E-state index contributed by atoms with van der Waals surface area (Å²) in [6.07, 6.45) is 0. The lowest BCUT2D eigenvalue weighted by Gasteiger charge is -2.10. The van der Waals surface area contributed by atoms with Crippen LogP contribution in [-0.4, -0.2) is 31.0 Å². The smallest absolute Gasteiger partial charge is 0.0740 e. The van der Waals surface area contributed by atoms with E-state index in [1.165, 1.54) is 0 Å². The van der Waals surface area contributed by atoms with E-state index in [4.69, 9.17) is 16.7 Å². The maximum atomic E-state index is 7.00. The summed E-state index contributed by atoms with van der Waals surface area (Å²) in [4.78, 5) is 4.67. The Labute approximate surface area is 123 Å². The minimum atomic E-state index is 0.737. The van der Waals surface area contributed by atoms with Gasteiger partial charge in [0.1, 0.15) is 0 Å². The number of rotatable bonds is 1. The minimum absolute atomic E-state index is 0.737. The molecule has 1 aliphatic heterocycles. The number of nitrogens with zero attached hydrogens (tertiary/aromatic N) is 1. The van der Waals surface area contributed by atoms with Gasteiger partial charge in [-0.25, -0.2) is 0 Å². The Hall–Kier alpha value is -1.84. The molecule has 20 heavy (non-hydrogen) atoms. The molecule has 0 aliphatic carbocycles. The van der Waals surface area contributed by atoms with Gasteiger partial charge < -0.3 is 10.4 Å². The SMILES string of the molecule is CO.Clc1ccc2c(c1)C(c1ccccc1)=NCCN2. The average Bonchev–Trinajstić information content (AvgIpc) is 2.72. The van der Waals surface area contributed by atoms with Crippen molar-refractivity contribution in [2.45, 2.75) is 0 Å². The Morgan fingerprint density at radius 1 is 1.10 bits per heavy atom. The number of hydrogen-bond donors (Lipinski definition) is 2. The van der Waals surface area contributed by atoms with Crippen LogP contribution in [0.4, 0.5) is 5.69 Å². The third-order valence-electron chi connectivity index (χ3n) is 2.98. The second kappa shape index (κ2) is 7.08. The maximum absolute atomic E-state index is 7.00. The summed E-state index contributed by atoms with van der Waals surface area (Å²) in [5.74, 6) is 0. The predicted octanol–water partition coefficient (Wildman–Crippen LogP) is 3.21. The predicted molar refractivity (Wildman–Crippen MR) is 85.0 cm³/mol. The fourth-order valence-corrected chi connectivity index (χ4v) is 2.32. The third kappa shape index (κ3) is 3.18. The lowest BCUT2D eigenvalue weighted by molar-refractivity contribution is 0.399. The van der Waals surface area contributed by atoms with Crippen molar-refractivity contribution < 1.29 is 5.11 Å². The lowest BCUT2D eigenvalue weighted by Crippen LogP contribution is -2.05. The topological polar surface area (TPSA) is 44.6 Å². The molecule has 0 amide bonds. The van der Waals surface area contributed by atoms with Crippen LogP contribution in [0.5, 0.6) is 0 Å². The van der Waals surface area contributed by atoms with E-state index < -0.39 is 0 Å². The lowest BCUT2D eigenvalue weighted by atomic mass is 10.0. The largest absolute Gasteiger partial charge is 0.400 e. The van der Waals surface area contributed by atoms with Crippen LogP contribution in [0.15, 0.2) is 53.5 Å². The van der Waals surface area contributed by atoms with Crippen LogP contribution in [-0.2, 0) is 0 Å². The van der Waals surface area contributed by atoms with Gasteiger partial charge in [0.05, 0.1) is 12.3 Å². The normalized spacial score (nSPS) is 13.1. The molecule has 0 bridgehead atoms. The number of benzene rings is 2. The van der Waals surface area contributed by atoms with Crippen molar-refractivity contribution in [1.82, 2.24) is 0 Å². The molecule has 1 aliphatic rings. The van der Waals surface area contributed by atoms with Crippen LogP contribution in [0.3, 0.4) is 0 Å². The molecule has 104 valence electrons. The summed E-state index contributed by atoms with van der Waals surface area (Å²) in [6.45, 7) is 1.63. The Bertz CT molecular complexity index is 597. The average molecular weight is 289 g/mol. The molecule has 0 saturated heterocycles. The Morgan fingerprint density at radius 2 is 1.85 bits per heavy atom. The monoisotopic (exact) mass is 288 g/mol. The molecule has 0 fully saturated rings. The van der Waals surface area contributed by atoms with E-state index in [0.717, 1.165) is 47.7 Å². The molecule has 0 radical (unpaired) electrons. The highest BCUT2D eigenvalue weighted by Gasteiger charge is 2.14. The summed E-state index contributed by atoms with van der Waals surface area (Å²) in [5.41, 5.74) is 4.31. The highest BCUT2D eigenvalue weighted by molar-refractivity contribution is 6.31. The molecular formula is C16H17ClN2O. The van der Waals surface area contributed by atoms with E-state index in [1.54, 1.807) is 0 Å². The van der Waals surface area contributed by atoms with Crippen molar-refractivity contribution in [2.24, 2.45) is 4.99 Å². The second-order valence-corrected chi connectivity index (χ2v) is 4.65. The van der Waals surface area contributed by atoms with E-state index in [2.05, 4.69) is 22.4 Å². The standard InChI is InChI=1S/C15H13ClN2.CH4O/c16-12-6-7-14-13(10-12)15(18-9-8-17-14)11-4-2-1-3-5-11;1-2/h1-7,10,17H,8-9H2;2H,1H3. The molecule has 0 saturated carbocycles. The number of fused-ring (bicyclic) bond motifs is 1. The van der Waals surface area contributed by atoms with Crippen LogP contribution in [0, 0.1) is 0 Å². The van der Waals surface area contributed by atoms with Crippen molar-refractivity contribution in [1.29, 1.82) is 0 Å². The van der Waals surface area contributed by atoms with Gasteiger partial charge in [-0.05, 0) is 18.2 Å². The second-order valence-electron chi connectivity index (χ2n) is 4.21. The Balaban J connectivity index is 0.000000704. The zero-order chi connectivity index (χ0) is 14.4. The number of anilines is 1. The van der Waals surface area contributed by atoms with Crippen molar-refractivity contribution in [3.63, 3.8) is 0 Å². The summed E-state index contributed by atoms with van der Waals surface area (Å²) in [5, 5.41) is 11.1. The summed E-state index contributed by atoms with van der Waals surface area (Å²) in [7, 11) is 1.00. The molecular weight excluding hydrogens is 272 g/mol. The van der Waals surface area contributed by atoms with Crippen LogP contribution in [0.25, 0.3) is 0 Å². The van der Waals surface area contributed by atoms with Gasteiger partial charge >= 0.3 is 0 Å². The number of halogens is 1. The molecule has 0 unspecified atom stereocenters. The van der Waals surface area contributed by atoms with Crippen molar-refractivity contribution >= 4 is 23.0 Å². The molecule has 3 rings (SSSR count). The number of benzodiazepines with no additional fused rings is 1. The maximum Gasteiger partial charge on any atom is 0.0740 e. The molecule has 2 N–H and O–H groups in total. The van der Waals surface area contributed by atoms with Crippen LogP contribution >= 0.6 is 11.6 Å². The fourth-order valence-electron chi connectivity index (χ4n) is 2.15. The molecule has 0 atom stereocenters. The van der Waals surface area contributed by atoms with E-state index in [9.17, 15) is 0 Å². The van der Waals surface area contributed by atoms with E-state index in [1.807, 2.05) is 36.4 Å². The first-order valence-corrected chi connectivity index (χ1v) is 6.81. The van der Waals surface area contributed by atoms with Crippen LogP contribution in [0.2, 0.25) is 5.02 Å². The van der Waals surface area contributed by atoms with Gasteiger partial charge in [-0.3, -0.25) is 4.99 Å². The number of aliphatic hydroxyl groups is 1. The zero-order valence-electron chi connectivity index (χ0n) is 11.3. The summed E-state index contributed by atoms with van der Waals surface area (Å²) >= 11 is 6.10. The zero-order valence-corrected chi connectivity index (χ0v) is 12.1. The van der Waals surface area contributed by atoms with Gasteiger partial charge in [-0.1, -0.05) is 41.9 Å². The molecule has 4 heteroatoms. The molecule has 2 aromatic carbocycles. The minimum Gasteiger partial charge on any atom is -0.400 e. The highest BCUT2D eigenvalue weighted by atomic mass is 35.5. The van der Waals surface area contributed by atoms with Gasteiger partial charge in [0, 0.05) is 35.5 Å². The molecule has 2 aromatic rings. The fraction of sp³-hybridized carbons (Fsp3) is 0.188. The number of nitrogens with one attached hydrogen (secondary N) is 1. The van der Waals surface area contributed by atoms with Gasteiger partial charge in [0.15, 0.2) is 0 Å². The van der Waals surface area contributed by atoms with Crippen LogP contribution < -0.4 is 5.32 Å². The van der Waals surface area contributed by atoms with Crippen molar-refractivity contribution in [2.75, 3.05) is 25.5 Å². The van der Waals surface area contributed by atoms with Gasteiger partial charge in [-0.15, -0.1) is 0 Å². The molecule has 3 nitrogen and oxygen atoms in total. The highest BCUT2D eigenvalue weighted by Crippen LogP contribution is 2.25. The first-order chi connectivity index (χ1) is 9.84. The van der Waals surface area contributed by atoms with E-state index in [0.29, 0.717) is 0 Å². The van der Waals surface area contributed by atoms with Crippen LogP contribution in [0.1, 0.15) is 11.1 Å². The molecule has 0 aromatic heterocycles. The van der Waals surface area contributed by atoms with Crippen molar-refractivity contribution in [3.05, 3.63) is 64.7 Å². The summed E-state index contributed by atoms with van der Waals surface area (Å²) in [6, 6.07) is 16.1. The number of hydrogen-bond acceptors (Lipinski definition) is 3. The number of aliphatic hydroxyl groups excluding tert-OH is 1. The Morgan fingerprint density at radius 3 is 2.60 bits per heavy atom. The van der Waals surface area contributed by atoms with E-state index in [-0.39, 0.29) is 0 Å².